The highest BCUT2D eigenvalue weighted by molar-refractivity contribution is 5.92. The van der Waals surface area contributed by atoms with E-state index in [-0.39, 0.29) is 18.0 Å². The lowest BCUT2D eigenvalue weighted by atomic mass is 10.1. The fraction of sp³-hybridized carbons (Fsp3) is 0.500. The summed E-state index contributed by atoms with van der Waals surface area (Å²) in [6.45, 7) is 5.42. The molecule has 1 N–H and O–H groups in total. The van der Waals surface area contributed by atoms with Gasteiger partial charge >= 0.3 is 6.09 Å². The van der Waals surface area contributed by atoms with Gasteiger partial charge in [-0.2, -0.15) is 5.10 Å². The van der Waals surface area contributed by atoms with Crippen molar-refractivity contribution in [3.8, 4) is 5.69 Å². The van der Waals surface area contributed by atoms with E-state index in [1.807, 2.05) is 22.9 Å². The quantitative estimate of drug-likeness (QED) is 0.840. The highest BCUT2D eigenvalue weighted by Gasteiger charge is 2.31. The van der Waals surface area contributed by atoms with Gasteiger partial charge in [0.1, 0.15) is 0 Å². The third kappa shape index (κ3) is 4.44. The molecule has 7 heteroatoms. The highest BCUT2D eigenvalue weighted by Crippen LogP contribution is 2.41. The minimum atomic E-state index is -0.275. The van der Waals surface area contributed by atoms with Crippen LogP contribution in [0.25, 0.3) is 5.69 Å². The van der Waals surface area contributed by atoms with Crippen molar-refractivity contribution in [2.45, 2.75) is 51.5 Å². The van der Waals surface area contributed by atoms with Gasteiger partial charge in [-0.1, -0.05) is 12.1 Å². The van der Waals surface area contributed by atoms with Gasteiger partial charge in [-0.3, -0.25) is 4.79 Å². The fourth-order valence-electron chi connectivity index (χ4n) is 3.82. The first-order chi connectivity index (χ1) is 14.0. The predicted octanol–water partition coefficient (Wildman–Crippen LogP) is 3.41. The zero-order chi connectivity index (χ0) is 20.4. The molecule has 29 heavy (non-hydrogen) atoms. The summed E-state index contributed by atoms with van der Waals surface area (Å²) in [5.74, 6) is 0.338. The Balaban J connectivity index is 1.43. The van der Waals surface area contributed by atoms with Crippen molar-refractivity contribution in [2.75, 3.05) is 19.7 Å². The molecule has 2 amide bonds. The van der Waals surface area contributed by atoms with E-state index in [4.69, 9.17) is 4.74 Å². The summed E-state index contributed by atoms with van der Waals surface area (Å²) in [5.41, 5.74) is 3.73. The Kier molecular flexibility index (Phi) is 5.56. The minimum Gasteiger partial charge on any atom is -0.450 e. The van der Waals surface area contributed by atoms with E-state index in [2.05, 4.69) is 29.5 Å². The second kappa shape index (κ2) is 8.27. The Morgan fingerprint density at radius 3 is 2.59 bits per heavy atom. The second-order valence-corrected chi connectivity index (χ2v) is 7.91. The molecule has 7 nitrogen and oxygen atoms in total. The van der Waals surface area contributed by atoms with E-state index in [0.717, 1.165) is 37.1 Å². The van der Waals surface area contributed by atoms with Crippen LogP contribution >= 0.6 is 0 Å². The lowest BCUT2D eigenvalue weighted by Gasteiger charge is -2.31. The molecular formula is C22H28N4O3. The topological polar surface area (TPSA) is 76.5 Å². The van der Waals surface area contributed by atoms with E-state index in [9.17, 15) is 9.59 Å². The summed E-state index contributed by atoms with van der Waals surface area (Å²) < 4.78 is 6.97. The third-order valence-electron chi connectivity index (χ3n) is 5.57. The fourth-order valence-corrected chi connectivity index (χ4v) is 3.82. The number of aromatic nitrogens is 2. The van der Waals surface area contributed by atoms with Crippen molar-refractivity contribution in [1.29, 1.82) is 0 Å². The molecule has 1 saturated heterocycles. The highest BCUT2D eigenvalue weighted by atomic mass is 16.6. The predicted molar refractivity (Wildman–Crippen MR) is 109 cm³/mol. The Labute approximate surface area is 171 Å². The maximum Gasteiger partial charge on any atom is 0.409 e. The summed E-state index contributed by atoms with van der Waals surface area (Å²) in [7, 11) is 0. The van der Waals surface area contributed by atoms with Gasteiger partial charge in [0.15, 0.2) is 5.69 Å². The molecule has 0 spiro atoms. The lowest BCUT2D eigenvalue weighted by molar-refractivity contribution is 0.0856. The van der Waals surface area contributed by atoms with Crippen molar-refractivity contribution in [3.63, 3.8) is 0 Å². The van der Waals surface area contributed by atoms with E-state index in [0.29, 0.717) is 31.3 Å². The van der Waals surface area contributed by atoms with Gasteiger partial charge in [-0.05, 0) is 63.3 Å². The smallest absolute Gasteiger partial charge is 0.409 e. The number of likely N-dealkylation sites (tertiary alicyclic amines) is 1. The average molecular weight is 396 g/mol. The normalized spacial score (nSPS) is 17.2. The van der Waals surface area contributed by atoms with Gasteiger partial charge in [-0.15, -0.1) is 0 Å². The van der Waals surface area contributed by atoms with Gasteiger partial charge in [0.05, 0.1) is 12.3 Å². The number of hydrogen-bond acceptors (Lipinski definition) is 4. The summed E-state index contributed by atoms with van der Waals surface area (Å²) in [5, 5.41) is 7.73. The maximum absolute atomic E-state index is 12.8. The number of amides is 2. The summed E-state index contributed by atoms with van der Waals surface area (Å²) in [6.07, 6.45) is 3.45. The van der Waals surface area contributed by atoms with E-state index < -0.39 is 0 Å². The molecule has 2 fully saturated rings. The van der Waals surface area contributed by atoms with E-state index in [1.54, 1.807) is 11.8 Å². The SMILES string of the molecule is CCOC(=O)N1CCC(NC(=O)c2cc(C3CC3)n(-c3cccc(C)c3)n2)CC1. The number of carbonyl (C=O) groups is 2. The van der Waals surface area contributed by atoms with Gasteiger partial charge in [0, 0.05) is 30.7 Å². The Hall–Kier alpha value is -2.83. The monoisotopic (exact) mass is 396 g/mol. The lowest BCUT2D eigenvalue weighted by Crippen LogP contribution is -2.46. The van der Waals surface area contributed by atoms with E-state index in [1.165, 1.54) is 5.56 Å². The van der Waals surface area contributed by atoms with Crippen LogP contribution in [0.1, 0.15) is 60.3 Å². The molecule has 0 atom stereocenters. The second-order valence-electron chi connectivity index (χ2n) is 7.91. The zero-order valence-electron chi connectivity index (χ0n) is 17.1. The van der Waals surface area contributed by atoms with Crippen molar-refractivity contribution >= 4 is 12.0 Å². The Bertz CT molecular complexity index is 895. The Morgan fingerprint density at radius 2 is 1.93 bits per heavy atom. The molecule has 1 aromatic carbocycles. The number of nitrogens with zero attached hydrogens (tertiary/aromatic N) is 3. The number of hydrogen-bond donors (Lipinski definition) is 1. The Morgan fingerprint density at radius 1 is 1.17 bits per heavy atom. The number of benzene rings is 1. The number of carbonyl (C=O) groups excluding carboxylic acids is 2. The van der Waals surface area contributed by atoms with Crippen LogP contribution in [0.5, 0.6) is 0 Å². The molecule has 2 heterocycles. The molecule has 2 aromatic rings. The average Bonchev–Trinajstić information content (AvgIpc) is 3.46. The molecule has 1 aliphatic carbocycles. The van der Waals surface area contributed by atoms with Crippen LogP contribution in [0.4, 0.5) is 4.79 Å². The summed E-state index contributed by atoms with van der Waals surface area (Å²) >= 11 is 0. The van der Waals surface area contributed by atoms with Crippen LogP contribution in [0.15, 0.2) is 30.3 Å². The molecule has 2 aliphatic rings. The number of ether oxygens (including phenoxy) is 1. The van der Waals surface area contributed by atoms with Gasteiger partial charge in [0.25, 0.3) is 5.91 Å². The maximum atomic E-state index is 12.8. The summed E-state index contributed by atoms with van der Waals surface area (Å²) in [4.78, 5) is 26.4. The van der Waals surface area contributed by atoms with Crippen LogP contribution in [-0.4, -0.2) is 52.4 Å². The standard InChI is InChI=1S/C22H28N4O3/c1-3-29-22(28)25-11-9-17(10-12-25)23-21(27)19-14-20(16-7-8-16)26(24-19)18-6-4-5-15(2)13-18/h4-6,13-14,16-17H,3,7-12H2,1-2H3,(H,23,27). The number of piperidine rings is 1. The molecule has 1 aliphatic heterocycles. The first kappa shape index (κ1) is 19.5. The third-order valence-corrected chi connectivity index (χ3v) is 5.57. The van der Waals surface area contributed by atoms with Crippen molar-refractivity contribution in [3.05, 3.63) is 47.3 Å². The molecule has 4 rings (SSSR count). The van der Waals surface area contributed by atoms with Crippen LogP contribution in [-0.2, 0) is 4.74 Å². The van der Waals surface area contributed by atoms with Crippen molar-refractivity contribution in [1.82, 2.24) is 20.0 Å². The van der Waals surface area contributed by atoms with Crippen molar-refractivity contribution < 1.29 is 14.3 Å². The molecule has 1 aromatic heterocycles. The first-order valence-corrected chi connectivity index (χ1v) is 10.4. The van der Waals surface area contributed by atoms with Crippen LogP contribution in [0.2, 0.25) is 0 Å². The number of nitrogens with one attached hydrogen (secondary N) is 1. The van der Waals surface area contributed by atoms with Gasteiger partial charge in [0.2, 0.25) is 0 Å². The molecule has 1 saturated carbocycles. The first-order valence-electron chi connectivity index (χ1n) is 10.4. The van der Waals surface area contributed by atoms with Crippen LogP contribution < -0.4 is 5.32 Å². The molecule has 0 radical (unpaired) electrons. The number of aryl methyl sites for hydroxylation is 1. The largest absolute Gasteiger partial charge is 0.450 e. The van der Waals surface area contributed by atoms with Gasteiger partial charge < -0.3 is 15.0 Å². The van der Waals surface area contributed by atoms with Crippen LogP contribution in [0.3, 0.4) is 0 Å². The molecule has 0 unspecified atom stereocenters. The zero-order valence-corrected chi connectivity index (χ0v) is 17.1. The number of rotatable bonds is 5. The molecule has 154 valence electrons. The van der Waals surface area contributed by atoms with E-state index >= 15 is 0 Å². The van der Waals surface area contributed by atoms with Crippen molar-refractivity contribution in [2.24, 2.45) is 0 Å². The molecular weight excluding hydrogens is 368 g/mol. The minimum absolute atomic E-state index is 0.0432. The van der Waals surface area contributed by atoms with Gasteiger partial charge in [-0.25, -0.2) is 9.48 Å². The summed E-state index contributed by atoms with van der Waals surface area (Å²) in [6, 6.07) is 10.2. The van der Waals surface area contributed by atoms with Crippen LogP contribution in [0, 0.1) is 6.92 Å². The molecule has 0 bridgehead atoms.